The molecule has 0 spiro atoms. The first-order valence-electron chi connectivity index (χ1n) is 9.86. The van der Waals surface area contributed by atoms with Gasteiger partial charge in [-0.15, -0.1) is 11.8 Å². The highest BCUT2D eigenvalue weighted by Crippen LogP contribution is 2.32. The highest BCUT2D eigenvalue weighted by molar-refractivity contribution is 7.98. The molecule has 0 aliphatic rings. The monoisotopic (exact) mass is 416 g/mol. The van der Waals surface area contributed by atoms with E-state index in [9.17, 15) is 4.79 Å². The van der Waals surface area contributed by atoms with Crippen LogP contribution in [0.1, 0.15) is 12.0 Å². The third-order valence-electron chi connectivity index (χ3n) is 5.18. The molecule has 152 valence electrons. The molecule has 5 heteroatoms. The van der Waals surface area contributed by atoms with Crippen LogP contribution in [0.3, 0.4) is 0 Å². The van der Waals surface area contributed by atoms with Crippen LogP contribution in [0.2, 0.25) is 0 Å². The fraction of sp³-hybridized carbons (Fsp3) is 0.160. The SMILES string of the molecule is COc1ccc(-c2[nH]c3ccccc3c2CCC(=O)Nc2ccccc2SC)cc1. The first-order chi connectivity index (χ1) is 14.7. The highest BCUT2D eigenvalue weighted by atomic mass is 32.2. The smallest absolute Gasteiger partial charge is 0.224 e. The topological polar surface area (TPSA) is 54.1 Å². The van der Waals surface area contributed by atoms with Crippen LogP contribution in [-0.4, -0.2) is 24.3 Å². The Morgan fingerprint density at radius 2 is 1.73 bits per heavy atom. The second kappa shape index (κ2) is 9.09. The molecule has 1 aromatic heterocycles. The zero-order valence-electron chi connectivity index (χ0n) is 17.1. The van der Waals surface area contributed by atoms with Crippen LogP contribution in [0.15, 0.2) is 77.7 Å². The average Bonchev–Trinajstić information content (AvgIpc) is 3.16. The van der Waals surface area contributed by atoms with Gasteiger partial charge in [-0.1, -0.05) is 30.3 Å². The largest absolute Gasteiger partial charge is 0.497 e. The number of benzene rings is 3. The number of ether oxygens (including phenoxy) is 1. The molecule has 0 aliphatic heterocycles. The van der Waals surface area contributed by atoms with Gasteiger partial charge in [-0.25, -0.2) is 0 Å². The molecule has 4 rings (SSSR count). The minimum atomic E-state index is 0.0162. The lowest BCUT2D eigenvalue weighted by Crippen LogP contribution is -2.13. The van der Waals surface area contributed by atoms with Gasteiger partial charge in [-0.05, 0) is 66.3 Å². The molecule has 4 nitrogen and oxygen atoms in total. The zero-order chi connectivity index (χ0) is 20.9. The van der Waals surface area contributed by atoms with Gasteiger partial charge in [-0.3, -0.25) is 4.79 Å². The predicted molar refractivity (Wildman–Crippen MR) is 125 cm³/mol. The molecule has 1 heterocycles. The summed E-state index contributed by atoms with van der Waals surface area (Å²) in [6, 6.07) is 24.1. The van der Waals surface area contributed by atoms with Crippen molar-refractivity contribution < 1.29 is 9.53 Å². The second-order valence-electron chi connectivity index (χ2n) is 7.00. The number of thioether (sulfide) groups is 1. The Morgan fingerprint density at radius 1 is 1.00 bits per heavy atom. The number of rotatable bonds is 7. The van der Waals surface area contributed by atoms with Gasteiger partial charge < -0.3 is 15.0 Å². The minimum absolute atomic E-state index is 0.0162. The number of carbonyl (C=O) groups excluding carboxylic acids is 1. The molecular formula is C25H24N2O2S. The van der Waals surface area contributed by atoms with Crippen LogP contribution in [0.4, 0.5) is 5.69 Å². The number of amides is 1. The van der Waals surface area contributed by atoms with Crippen molar-refractivity contribution >= 4 is 34.3 Å². The van der Waals surface area contributed by atoms with E-state index in [-0.39, 0.29) is 5.91 Å². The lowest BCUT2D eigenvalue weighted by molar-refractivity contribution is -0.116. The Balaban J connectivity index is 1.59. The standard InChI is InChI=1S/C25H24N2O2S/c1-29-18-13-11-17(12-14-18)25-20(19-7-3-4-8-21(19)27-25)15-16-24(28)26-22-9-5-6-10-23(22)30-2/h3-14,27H,15-16H2,1-2H3,(H,26,28). The van der Waals surface area contributed by atoms with Gasteiger partial charge >= 0.3 is 0 Å². The van der Waals surface area contributed by atoms with Crippen molar-refractivity contribution in [2.75, 3.05) is 18.7 Å². The number of aryl methyl sites for hydroxylation is 1. The van der Waals surface area contributed by atoms with Crippen LogP contribution in [-0.2, 0) is 11.2 Å². The molecule has 30 heavy (non-hydrogen) atoms. The van der Waals surface area contributed by atoms with Crippen molar-refractivity contribution in [3.8, 4) is 17.0 Å². The Kier molecular flexibility index (Phi) is 6.10. The van der Waals surface area contributed by atoms with E-state index in [4.69, 9.17) is 4.74 Å². The molecule has 0 saturated heterocycles. The summed E-state index contributed by atoms with van der Waals surface area (Å²) in [5.41, 5.74) is 5.23. The molecule has 4 aromatic rings. The number of H-pyrrole nitrogens is 1. The summed E-state index contributed by atoms with van der Waals surface area (Å²) >= 11 is 1.63. The summed E-state index contributed by atoms with van der Waals surface area (Å²) < 4.78 is 5.28. The number of hydrogen-bond donors (Lipinski definition) is 2. The van der Waals surface area contributed by atoms with Gasteiger partial charge in [0.25, 0.3) is 0 Å². The third-order valence-corrected chi connectivity index (χ3v) is 5.97. The van der Waals surface area contributed by atoms with Crippen LogP contribution in [0, 0.1) is 0 Å². The van der Waals surface area contributed by atoms with Crippen molar-refractivity contribution in [3.05, 3.63) is 78.4 Å². The number of hydrogen-bond acceptors (Lipinski definition) is 3. The lowest BCUT2D eigenvalue weighted by Gasteiger charge is -2.10. The number of methoxy groups -OCH3 is 1. The van der Waals surface area contributed by atoms with Crippen LogP contribution >= 0.6 is 11.8 Å². The summed E-state index contributed by atoms with van der Waals surface area (Å²) in [7, 11) is 1.66. The first kappa shape index (κ1) is 20.1. The number of aromatic nitrogens is 1. The predicted octanol–water partition coefficient (Wildman–Crippen LogP) is 6.14. The van der Waals surface area contributed by atoms with Gasteiger partial charge in [0.1, 0.15) is 5.75 Å². The van der Waals surface area contributed by atoms with Crippen molar-refractivity contribution in [1.82, 2.24) is 4.98 Å². The molecule has 0 atom stereocenters. The van der Waals surface area contributed by atoms with Crippen LogP contribution in [0.25, 0.3) is 22.2 Å². The van der Waals surface area contributed by atoms with Gasteiger partial charge in [0.15, 0.2) is 0 Å². The van der Waals surface area contributed by atoms with Gasteiger partial charge in [0, 0.05) is 27.9 Å². The fourth-order valence-corrected chi connectivity index (χ4v) is 4.22. The number of anilines is 1. The average molecular weight is 417 g/mol. The Morgan fingerprint density at radius 3 is 2.50 bits per heavy atom. The van der Waals surface area contributed by atoms with Gasteiger partial charge in [0.2, 0.25) is 5.91 Å². The summed E-state index contributed by atoms with van der Waals surface area (Å²) in [6.07, 6.45) is 3.07. The normalized spacial score (nSPS) is 10.9. The van der Waals surface area contributed by atoms with E-state index in [1.807, 2.05) is 66.9 Å². The number of carbonyl (C=O) groups is 1. The summed E-state index contributed by atoms with van der Waals surface area (Å²) in [5, 5.41) is 4.21. The van der Waals surface area contributed by atoms with Crippen LogP contribution < -0.4 is 10.1 Å². The Bertz CT molecular complexity index is 1170. The summed E-state index contributed by atoms with van der Waals surface area (Å²) in [5.74, 6) is 0.839. The molecule has 0 radical (unpaired) electrons. The number of fused-ring (bicyclic) bond motifs is 1. The van der Waals surface area contributed by atoms with E-state index in [0.29, 0.717) is 12.8 Å². The van der Waals surface area contributed by atoms with E-state index >= 15 is 0 Å². The maximum atomic E-state index is 12.7. The second-order valence-corrected chi connectivity index (χ2v) is 7.85. The molecule has 0 bridgehead atoms. The molecule has 0 fully saturated rings. The number of para-hydroxylation sites is 2. The fourth-order valence-electron chi connectivity index (χ4n) is 3.66. The highest BCUT2D eigenvalue weighted by Gasteiger charge is 2.15. The molecule has 0 unspecified atom stereocenters. The number of aromatic amines is 1. The van der Waals surface area contributed by atoms with Crippen molar-refractivity contribution in [2.24, 2.45) is 0 Å². The maximum absolute atomic E-state index is 12.7. The minimum Gasteiger partial charge on any atom is -0.497 e. The maximum Gasteiger partial charge on any atom is 0.224 e. The molecule has 3 aromatic carbocycles. The van der Waals surface area contributed by atoms with Crippen molar-refractivity contribution in [1.29, 1.82) is 0 Å². The first-order valence-corrected chi connectivity index (χ1v) is 11.1. The third kappa shape index (κ3) is 4.21. The molecule has 1 amide bonds. The van der Waals surface area contributed by atoms with Gasteiger partial charge in [-0.2, -0.15) is 0 Å². The van der Waals surface area contributed by atoms with E-state index in [2.05, 4.69) is 22.4 Å². The van der Waals surface area contributed by atoms with E-state index in [0.717, 1.165) is 44.1 Å². The molecule has 0 aliphatic carbocycles. The van der Waals surface area contributed by atoms with Gasteiger partial charge in [0.05, 0.1) is 12.8 Å². The Labute approximate surface area is 180 Å². The quantitative estimate of drug-likeness (QED) is 0.356. The zero-order valence-corrected chi connectivity index (χ0v) is 17.9. The molecular weight excluding hydrogens is 392 g/mol. The van der Waals surface area contributed by atoms with E-state index in [1.165, 1.54) is 0 Å². The molecule has 0 saturated carbocycles. The van der Waals surface area contributed by atoms with E-state index in [1.54, 1.807) is 18.9 Å². The lowest BCUT2D eigenvalue weighted by atomic mass is 10.0. The molecule has 2 N–H and O–H groups in total. The Hall–Kier alpha value is -3.18. The summed E-state index contributed by atoms with van der Waals surface area (Å²) in [4.78, 5) is 17.3. The van der Waals surface area contributed by atoms with E-state index < -0.39 is 0 Å². The van der Waals surface area contributed by atoms with Crippen LogP contribution in [0.5, 0.6) is 5.75 Å². The van der Waals surface area contributed by atoms with Crippen molar-refractivity contribution in [3.63, 3.8) is 0 Å². The summed E-state index contributed by atoms with van der Waals surface area (Å²) in [6.45, 7) is 0. The number of nitrogens with one attached hydrogen (secondary N) is 2. The van der Waals surface area contributed by atoms with Crippen molar-refractivity contribution in [2.45, 2.75) is 17.7 Å².